The summed E-state index contributed by atoms with van der Waals surface area (Å²) in [6.07, 6.45) is 0. The van der Waals surface area contributed by atoms with Crippen molar-refractivity contribution in [1.29, 1.82) is 0 Å². The second kappa shape index (κ2) is 8.54. The lowest BCUT2D eigenvalue weighted by molar-refractivity contribution is 0.0726. The fourth-order valence-corrected chi connectivity index (χ4v) is 5.53. The summed E-state index contributed by atoms with van der Waals surface area (Å²) in [5, 5.41) is 10.6. The van der Waals surface area contributed by atoms with E-state index >= 15 is 0 Å². The first-order valence-corrected chi connectivity index (χ1v) is 12.1. The van der Waals surface area contributed by atoms with Gasteiger partial charge in [-0.3, -0.25) is 0 Å². The van der Waals surface area contributed by atoms with E-state index in [1.165, 1.54) is 44.8 Å². The zero-order valence-corrected chi connectivity index (χ0v) is 18.4. The van der Waals surface area contributed by atoms with Crippen molar-refractivity contribution in [3.63, 3.8) is 0 Å². The molecule has 32 heavy (non-hydrogen) atoms. The molecule has 0 atom stereocenters. The van der Waals surface area contributed by atoms with Crippen molar-refractivity contribution in [2.24, 2.45) is 0 Å². The van der Waals surface area contributed by atoms with Crippen LogP contribution in [0.15, 0.2) is 52.7 Å². The molecule has 4 aromatic rings. The molecule has 1 aliphatic heterocycles. The normalized spacial score (nSPS) is 15.3. The van der Waals surface area contributed by atoms with E-state index < -0.39 is 10.0 Å². The number of morpholine rings is 1. The smallest absolute Gasteiger partial charge is 0.243 e. The van der Waals surface area contributed by atoms with Crippen LogP contribution in [0.4, 0.5) is 4.39 Å². The van der Waals surface area contributed by atoms with Crippen molar-refractivity contribution in [2.45, 2.75) is 11.5 Å². The molecule has 0 spiro atoms. The number of benzene rings is 2. The highest BCUT2D eigenvalue weighted by molar-refractivity contribution is 7.89. The molecule has 0 radical (unpaired) electrons. The molecule has 0 aliphatic carbocycles. The third-order valence-corrected chi connectivity index (χ3v) is 7.81. The molecule has 0 saturated carbocycles. The lowest BCUT2D eigenvalue weighted by atomic mass is 10.2. The van der Waals surface area contributed by atoms with Crippen molar-refractivity contribution >= 4 is 32.4 Å². The summed E-state index contributed by atoms with van der Waals surface area (Å²) in [5.74, 6) is -0.304. The quantitative estimate of drug-likeness (QED) is 0.422. The third-order valence-electron chi connectivity index (χ3n) is 4.97. The Bertz CT molecular complexity index is 1350. The van der Waals surface area contributed by atoms with Gasteiger partial charge in [-0.2, -0.15) is 4.31 Å². The molecule has 1 fully saturated rings. The number of aromatic nitrogens is 4. The highest BCUT2D eigenvalue weighted by atomic mass is 32.2. The summed E-state index contributed by atoms with van der Waals surface area (Å²) in [7, 11) is -3.65. The van der Waals surface area contributed by atoms with Gasteiger partial charge in [0.2, 0.25) is 10.0 Å². The van der Waals surface area contributed by atoms with Gasteiger partial charge < -0.3 is 9.57 Å². The fraction of sp³-hybridized carbons (Fsp3) is 0.250. The van der Waals surface area contributed by atoms with Crippen LogP contribution in [0, 0.1) is 5.82 Å². The van der Waals surface area contributed by atoms with Crippen molar-refractivity contribution in [3.8, 4) is 10.6 Å². The molecule has 0 amide bonds. The molecule has 1 saturated heterocycles. The Kier molecular flexibility index (Phi) is 5.59. The molecule has 3 heterocycles. The first-order chi connectivity index (χ1) is 15.5. The number of nitrogens with zero attached hydrogens (tertiary/aromatic N) is 5. The molecule has 2 aromatic carbocycles. The summed E-state index contributed by atoms with van der Waals surface area (Å²) in [6.45, 7) is 1.48. The van der Waals surface area contributed by atoms with Gasteiger partial charge in [0.05, 0.1) is 23.8 Å². The first-order valence-electron chi connectivity index (χ1n) is 9.78. The Morgan fingerprint density at radius 1 is 1.12 bits per heavy atom. The van der Waals surface area contributed by atoms with Crippen LogP contribution in [0.25, 0.3) is 21.6 Å². The Hall–Kier alpha value is -2.93. The standard InChI is InChI=1S/C20H18FN5O4S2/c21-15-3-1-14(2-4-15)20-22-16(13-31-20)12-30-26-19-11-17(5-6-18(19)23-24-26)32(27,28)25-7-9-29-10-8-25/h1-6,11,13H,7-10,12H2. The molecular formula is C20H18FN5O4S2. The largest absolute Gasteiger partial charge is 0.388 e. The zero-order valence-electron chi connectivity index (χ0n) is 16.7. The topological polar surface area (TPSA) is 99.4 Å². The van der Waals surface area contributed by atoms with E-state index in [0.29, 0.717) is 43.0 Å². The number of fused-ring (bicyclic) bond motifs is 1. The summed E-state index contributed by atoms with van der Waals surface area (Å²) in [5.41, 5.74) is 2.42. The van der Waals surface area contributed by atoms with Gasteiger partial charge >= 0.3 is 0 Å². The van der Waals surface area contributed by atoms with Crippen molar-refractivity contribution in [2.75, 3.05) is 26.3 Å². The molecule has 9 nitrogen and oxygen atoms in total. The molecule has 0 unspecified atom stereocenters. The van der Waals surface area contributed by atoms with Crippen LogP contribution in [-0.2, 0) is 21.4 Å². The third kappa shape index (κ3) is 4.09. The maximum atomic E-state index is 13.1. The average molecular weight is 476 g/mol. The summed E-state index contributed by atoms with van der Waals surface area (Å²) < 4.78 is 45.7. The molecule has 166 valence electrons. The van der Waals surface area contributed by atoms with Crippen LogP contribution < -0.4 is 4.84 Å². The number of hydrogen-bond donors (Lipinski definition) is 0. The lowest BCUT2D eigenvalue weighted by Crippen LogP contribution is -2.40. The van der Waals surface area contributed by atoms with Gasteiger partial charge in [-0.05, 0) is 47.7 Å². The minimum absolute atomic E-state index is 0.108. The van der Waals surface area contributed by atoms with Gasteiger partial charge in [-0.15, -0.1) is 16.4 Å². The predicted molar refractivity (Wildman–Crippen MR) is 115 cm³/mol. The predicted octanol–water partition coefficient (Wildman–Crippen LogP) is 2.34. The van der Waals surface area contributed by atoms with Crippen LogP contribution in [0.1, 0.15) is 5.69 Å². The van der Waals surface area contributed by atoms with Crippen LogP contribution in [0.2, 0.25) is 0 Å². The summed E-state index contributed by atoms with van der Waals surface area (Å²) >= 11 is 1.42. The zero-order chi connectivity index (χ0) is 22.1. The monoisotopic (exact) mass is 475 g/mol. The van der Waals surface area contributed by atoms with E-state index in [0.717, 1.165) is 10.6 Å². The van der Waals surface area contributed by atoms with Gasteiger partial charge in [0.1, 0.15) is 21.9 Å². The Balaban J connectivity index is 1.35. The minimum atomic E-state index is -3.65. The highest BCUT2D eigenvalue weighted by Crippen LogP contribution is 2.25. The Labute approximate surface area is 187 Å². The van der Waals surface area contributed by atoms with Crippen LogP contribution in [-0.4, -0.2) is 59.2 Å². The summed E-state index contributed by atoms with van der Waals surface area (Å²) in [4.78, 5) is 11.6. The lowest BCUT2D eigenvalue weighted by Gasteiger charge is -2.26. The number of hydrogen-bond acceptors (Lipinski definition) is 8. The molecular weight excluding hydrogens is 457 g/mol. The second-order valence-electron chi connectivity index (χ2n) is 7.05. The van der Waals surface area contributed by atoms with Gasteiger partial charge in [-0.1, -0.05) is 4.85 Å². The van der Waals surface area contributed by atoms with E-state index in [9.17, 15) is 12.8 Å². The number of rotatable bonds is 6. The van der Waals surface area contributed by atoms with Gasteiger partial charge in [0.25, 0.3) is 0 Å². The fourth-order valence-electron chi connectivity index (χ4n) is 3.30. The van der Waals surface area contributed by atoms with Crippen LogP contribution >= 0.6 is 11.3 Å². The second-order valence-corrected chi connectivity index (χ2v) is 9.85. The van der Waals surface area contributed by atoms with Crippen molar-refractivity contribution in [1.82, 2.24) is 24.4 Å². The number of sulfonamides is 1. The minimum Gasteiger partial charge on any atom is -0.388 e. The van der Waals surface area contributed by atoms with Gasteiger partial charge in [0, 0.05) is 24.0 Å². The first kappa shape index (κ1) is 20.9. The van der Waals surface area contributed by atoms with E-state index in [4.69, 9.17) is 9.57 Å². The summed E-state index contributed by atoms with van der Waals surface area (Å²) in [6, 6.07) is 10.7. The van der Waals surface area contributed by atoms with E-state index in [1.54, 1.807) is 18.2 Å². The van der Waals surface area contributed by atoms with E-state index in [1.807, 2.05) is 5.38 Å². The molecule has 12 heteroatoms. The molecule has 5 rings (SSSR count). The maximum absolute atomic E-state index is 13.1. The Morgan fingerprint density at radius 2 is 1.91 bits per heavy atom. The molecule has 0 N–H and O–H groups in total. The molecule has 2 aromatic heterocycles. The van der Waals surface area contributed by atoms with Crippen molar-refractivity contribution in [3.05, 3.63) is 59.4 Å². The van der Waals surface area contributed by atoms with E-state index in [-0.39, 0.29) is 17.3 Å². The number of thiazole rings is 1. The van der Waals surface area contributed by atoms with Crippen LogP contribution in [0.3, 0.4) is 0 Å². The molecule has 1 aliphatic rings. The van der Waals surface area contributed by atoms with Crippen LogP contribution in [0.5, 0.6) is 0 Å². The van der Waals surface area contributed by atoms with E-state index in [2.05, 4.69) is 15.3 Å². The SMILES string of the molecule is O=S(=O)(c1ccc2nnn(OCc3csc(-c4ccc(F)cc4)n3)c2c1)N1CCOCC1. The molecule has 0 bridgehead atoms. The highest BCUT2D eigenvalue weighted by Gasteiger charge is 2.27. The average Bonchev–Trinajstić information content (AvgIpc) is 3.45. The van der Waals surface area contributed by atoms with Gasteiger partial charge in [-0.25, -0.2) is 17.8 Å². The van der Waals surface area contributed by atoms with Crippen molar-refractivity contribution < 1.29 is 22.4 Å². The Morgan fingerprint density at radius 3 is 2.69 bits per heavy atom. The number of ether oxygens (including phenoxy) is 1. The van der Waals surface area contributed by atoms with Gasteiger partial charge in [0.15, 0.2) is 6.61 Å². The number of halogens is 1. The maximum Gasteiger partial charge on any atom is 0.243 e.